The van der Waals surface area contributed by atoms with Gasteiger partial charge in [-0.2, -0.15) is 0 Å². The Kier molecular flexibility index (Phi) is 5.91. The highest BCUT2D eigenvalue weighted by Gasteiger charge is 2.48. The zero-order chi connectivity index (χ0) is 22.0. The number of anilines is 1. The fraction of sp³-hybridized carbons (Fsp3) is 0.364. The Balaban J connectivity index is 1.39. The number of halogens is 2. The molecular weight excluding hydrogens is 423 g/mol. The zero-order valence-electron chi connectivity index (χ0n) is 16.8. The van der Waals surface area contributed by atoms with Gasteiger partial charge in [-0.3, -0.25) is 19.4 Å². The van der Waals surface area contributed by atoms with E-state index in [2.05, 4.69) is 10.3 Å². The summed E-state index contributed by atoms with van der Waals surface area (Å²) < 4.78 is 13.4. The van der Waals surface area contributed by atoms with Gasteiger partial charge in [-0.25, -0.2) is 4.39 Å². The van der Waals surface area contributed by atoms with Crippen molar-refractivity contribution in [3.05, 3.63) is 59.1 Å². The summed E-state index contributed by atoms with van der Waals surface area (Å²) in [7, 11) is 0. The number of nitrogens with one attached hydrogen (secondary N) is 1. The number of ketones is 1. The molecule has 1 N–H and O–H groups in total. The Bertz CT molecular complexity index is 1010. The first-order valence-electron chi connectivity index (χ1n) is 10.1. The van der Waals surface area contributed by atoms with E-state index in [4.69, 9.17) is 11.6 Å². The van der Waals surface area contributed by atoms with E-state index < -0.39 is 11.4 Å². The van der Waals surface area contributed by atoms with Gasteiger partial charge in [0.2, 0.25) is 11.8 Å². The van der Waals surface area contributed by atoms with Crippen molar-refractivity contribution in [1.82, 2.24) is 15.2 Å². The van der Waals surface area contributed by atoms with E-state index in [0.29, 0.717) is 31.9 Å². The number of benzene rings is 1. The maximum atomic E-state index is 13.4. The van der Waals surface area contributed by atoms with E-state index in [1.54, 1.807) is 41.4 Å². The highest BCUT2D eigenvalue weighted by atomic mass is 35.5. The summed E-state index contributed by atoms with van der Waals surface area (Å²) in [5, 5.41) is 2.83. The van der Waals surface area contributed by atoms with Gasteiger partial charge in [0, 0.05) is 44.5 Å². The number of carbonyl (C=O) groups excluding carboxylic acids is 3. The molecule has 2 aromatic rings. The van der Waals surface area contributed by atoms with Crippen LogP contribution in [0, 0.1) is 5.82 Å². The molecule has 7 nitrogen and oxygen atoms in total. The van der Waals surface area contributed by atoms with Crippen molar-refractivity contribution < 1.29 is 18.8 Å². The molecule has 1 unspecified atom stereocenters. The molecule has 0 aliphatic carbocycles. The summed E-state index contributed by atoms with van der Waals surface area (Å²) >= 11 is 5.87. The van der Waals surface area contributed by atoms with Crippen molar-refractivity contribution in [3.63, 3.8) is 0 Å². The minimum Gasteiger partial charge on any atom is -0.368 e. The van der Waals surface area contributed by atoms with Crippen molar-refractivity contribution in [1.29, 1.82) is 0 Å². The molecule has 2 amide bonds. The van der Waals surface area contributed by atoms with Gasteiger partial charge in [0.15, 0.2) is 5.78 Å². The number of hydrogen-bond donors (Lipinski definition) is 1. The number of amides is 2. The van der Waals surface area contributed by atoms with Crippen LogP contribution in [-0.2, 0) is 19.9 Å². The van der Waals surface area contributed by atoms with Gasteiger partial charge < -0.3 is 15.1 Å². The Morgan fingerprint density at radius 3 is 2.55 bits per heavy atom. The second kappa shape index (κ2) is 8.63. The largest absolute Gasteiger partial charge is 0.368 e. The molecule has 2 aliphatic heterocycles. The molecule has 3 heterocycles. The first kappa shape index (κ1) is 21.2. The fourth-order valence-electron chi connectivity index (χ4n) is 4.15. The van der Waals surface area contributed by atoms with E-state index in [-0.39, 0.29) is 41.9 Å². The summed E-state index contributed by atoms with van der Waals surface area (Å²) in [4.78, 5) is 45.5. The monoisotopic (exact) mass is 444 g/mol. The van der Waals surface area contributed by atoms with Crippen LogP contribution in [0.1, 0.15) is 25.0 Å². The molecule has 2 fully saturated rings. The molecule has 2 saturated heterocycles. The van der Waals surface area contributed by atoms with Crippen LogP contribution in [0.2, 0.25) is 5.02 Å². The molecule has 4 rings (SSSR count). The van der Waals surface area contributed by atoms with Gasteiger partial charge in [0.25, 0.3) is 0 Å². The van der Waals surface area contributed by atoms with Crippen molar-refractivity contribution in [2.75, 3.05) is 31.1 Å². The fourth-order valence-corrected chi connectivity index (χ4v) is 4.32. The third-order valence-electron chi connectivity index (χ3n) is 5.87. The summed E-state index contributed by atoms with van der Waals surface area (Å²) in [6, 6.07) is 9.77. The van der Waals surface area contributed by atoms with Crippen LogP contribution in [0.15, 0.2) is 42.6 Å². The molecule has 2 aliphatic rings. The van der Waals surface area contributed by atoms with Crippen LogP contribution in [0.3, 0.4) is 0 Å². The maximum Gasteiger partial charge on any atom is 0.228 e. The standard InChI is InChI=1S/C22H22ClFN4O3/c23-16-13-15(4-5-17(16)24)27-9-11-28(12-10-27)21(31)6-7-22(18-3-1-2-8-25-18)19(29)14-20(30)26-22/h1-5,8,13H,6-7,9-12,14H2,(H,26,30). The van der Waals surface area contributed by atoms with Crippen LogP contribution in [0.25, 0.3) is 0 Å². The quantitative estimate of drug-likeness (QED) is 0.715. The van der Waals surface area contributed by atoms with Crippen molar-refractivity contribution in [3.8, 4) is 0 Å². The predicted octanol–water partition coefficient (Wildman–Crippen LogP) is 2.29. The first-order valence-corrected chi connectivity index (χ1v) is 10.5. The minimum atomic E-state index is -1.25. The molecule has 1 atom stereocenters. The molecule has 0 saturated carbocycles. The average molecular weight is 445 g/mol. The average Bonchev–Trinajstić information content (AvgIpc) is 3.08. The second-order valence-electron chi connectivity index (χ2n) is 7.73. The number of rotatable bonds is 5. The van der Waals surface area contributed by atoms with Gasteiger partial charge in [-0.1, -0.05) is 17.7 Å². The van der Waals surface area contributed by atoms with Crippen LogP contribution in [0.5, 0.6) is 0 Å². The number of carbonyl (C=O) groups is 3. The number of hydrogen-bond acceptors (Lipinski definition) is 5. The normalized spacial score (nSPS) is 21.4. The number of Topliss-reactive ketones (excluding diaryl/α,β-unsaturated/α-hetero) is 1. The third kappa shape index (κ3) is 4.25. The molecular formula is C22H22ClFN4O3. The highest BCUT2D eigenvalue weighted by Crippen LogP contribution is 2.32. The predicted molar refractivity (Wildman–Crippen MR) is 113 cm³/mol. The SMILES string of the molecule is O=C1CC(=O)C(CCC(=O)N2CCN(c3ccc(F)c(Cl)c3)CC2)(c2ccccn2)N1. The van der Waals surface area contributed by atoms with Gasteiger partial charge in [-0.15, -0.1) is 0 Å². The van der Waals surface area contributed by atoms with E-state index in [9.17, 15) is 18.8 Å². The molecule has 9 heteroatoms. The number of nitrogens with zero attached hydrogens (tertiary/aromatic N) is 3. The van der Waals surface area contributed by atoms with E-state index in [0.717, 1.165) is 5.69 Å². The van der Waals surface area contributed by atoms with E-state index in [1.807, 2.05) is 4.90 Å². The molecule has 31 heavy (non-hydrogen) atoms. The van der Waals surface area contributed by atoms with Crippen molar-refractivity contribution in [2.45, 2.75) is 24.8 Å². The summed E-state index contributed by atoms with van der Waals surface area (Å²) in [6.07, 6.45) is 1.65. The Morgan fingerprint density at radius 2 is 1.94 bits per heavy atom. The summed E-state index contributed by atoms with van der Waals surface area (Å²) in [6.45, 7) is 2.19. The van der Waals surface area contributed by atoms with Crippen LogP contribution >= 0.6 is 11.6 Å². The van der Waals surface area contributed by atoms with E-state index >= 15 is 0 Å². The van der Waals surface area contributed by atoms with Gasteiger partial charge in [0.1, 0.15) is 11.4 Å². The molecule has 0 spiro atoms. The first-order chi connectivity index (χ1) is 14.9. The molecule has 1 aromatic carbocycles. The highest BCUT2D eigenvalue weighted by molar-refractivity contribution is 6.31. The third-order valence-corrected chi connectivity index (χ3v) is 6.16. The van der Waals surface area contributed by atoms with Crippen molar-refractivity contribution >= 4 is 34.9 Å². The summed E-state index contributed by atoms with van der Waals surface area (Å²) in [5.74, 6) is -1.16. The lowest BCUT2D eigenvalue weighted by molar-refractivity contribution is -0.132. The van der Waals surface area contributed by atoms with Gasteiger partial charge >= 0.3 is 0 Å². The molecule has 1 aromatic heterocycles. The number of aromatic nitrogens is 1. The van der Waals surface area contributed by atoms with Gasteiger partial charge in [0.05, 0.1) is 17.1 Å². The Labute approximate surface area is 184 Å². The minimum absolute atomic E-state index is 0.0686. The lowest BCUT2D eigenvalue weighted by Crippen LogP contribution is -2.50. The summed E-state index contributed by atoms with van der Waals surface area (Å²) in [5.41, 5.74) is 0.0178. The molecule has 0 radical (unpaired) electrons. The topological polar surface area (TPSA) is 82.6 Å². The molecule has 0 bridgehead atoms. The van der Waals surface area contributed by atoms with Crippen LogP contribution < -0.4 is 10.2 Å². The Morgan fingerprint density at radius 1 is 1.16 bits per heavy atom. The number of pyridine rings is 1. The lowest BCUT2D eigenvalue weighted by atomic mass is 9.86. The Hall–Kier alpha value is -3.00. The van der Waals surface area contributed by atoms with Crippen LogP contribution in [-0.4, -0.2) is 53.7 Å². The smallest absolute Gasteiger partial charge is 0.228 e. The lowest BCUT2D eigenvalue weighted by Gasteiger charge is -2.37. The van der Waals surface area contributed by atoms with Gasteiger partial charge in [-0.05, 0) is 36.8 Å². The zero-order valence-corrected chi connectivity index (χ0v) is 17.6. The van der Waals surface area contributed by atoms with Crippen LogP contribution in [0.4, 0.5) is 10.1 Å². The van der Waals surface area contributed by atoms with E-state index in [1.165, 1.54) is 6.07 Å². The van der Waals surface area contributed by atoms with Crippen molar-refractivity contribution in [2.24, 2.45) is 0 Å². The second-order valence-corrected chi connectivity index (χ2v) is 8.14. The maximum absolute atomic E-state index is 13.4. The molecule has 162 valence electrons. The number of piperazine rings is 1.